The van der Waals surface area contributed by atoms with Crippen LogP contribution in [0.3, 0.4) is 0 Å². The molecule has 16 heavy (non-hydrogen) atoms. The Morgan fingerprint density at radius 1 is 1.56 bits per heavy atom. The van der Waals surface area contributed by atoms with E-state index < -0.39 is 0 Å². The third-order valence-electron chi connectivity index (χ3n) is 2.69. The SMILES string of the molecule is Cc1cc(CCC(=O)C2C=CC=CC2)on1. The molecule has 0 aliphatic heterocycles. The monoisotopic (exact) mass is 217 g/mol. The van der Waals surface area contributed by atoms with Crippen LogP contribution in [0, 0.1) is 12.8 Å². The number of aryl methyl sites for hydroxylation is 2. The zero-order valence-electron chi connectivity index (χ0n) is 9.35. The molecule has 1 unspecified atom stereocenters. The Hall–Kier alpha value is -1.64. The normalized spacial score (nSPS) is 18.9. The number of rotatable bonds is 4. The average molecular weight is 217 g/mol. The van der Waals surface area contributed by atoms with Crippen molar-refractivity contribution in [2.45, 2.75) is 26.2 Å². The first-order valence-corrected chi connectivity index (χ1v) is 5.54. The highest BCUT2D eigenvalue weighted by Crippen LogP contribution is 2.16. The first-order valence-electron chi connectivity index (χ1n) is 5.54. The summed E-state index contributed by atoms with van der Waals surface area (Å²) in [5.41, 5.74) is 0.864. The van der Waals surface area contributed by atoms with E-state index in [2.05, 4.69) is 5.16 Å². The molecular weight excluding hydrogens is 202 g/mol. The molecule has 1 atom stereocenters. The van der Waals surface area contributed by atoms with Crippen LogP contribution in [0.1, 0.15) is 24.3 Å². The van der Waals surface area contributed by atoms with Crippen LogP contribution in [-0.4, -0.2) is 10.9 Å². The van der Waals surface area contributed by atoms with E-state index in [1.165, 1.54) is 0 Å². The van der Waals surface area contributed by atoms with Crippen molar-refractivity contribution in [3.63, 3.8) is 0 Å². The minimum absolute atomic E-state index is 0.0500. The van der Waals surface area contributed by atoms with Crippen LogP contribution in [-0.2, 0) is 11.2 Å². The van der Waals surface area contributed by atoms with Gasteiger partial charge in [-0.1, -0.05) is 29.5 Å². The fraction of sp³-hybridized carbons (Fsp3) is 0.385. The van der Waals surface area contributed by atoms with Crippen molar-refractivity contribution < 1.29 is 9.32 Å². The van der Waals surface area contributed by atoms with E-state index in [1.807, 2.05) is 37.3 Å². The van der Waals surface area contributed by atoms with Gasteiger partial charge in [-0.3, -0.25) is 4.79 Å². The minimum atomic E-state index is 0.0500. The molecule has 2 rings (SSSR count). The third-order valence-corrected chi connectivity index (χ3v) is 2.69. The maximum atomic E-state index is 11.8. The van der Waals surface area contributed by atoms with Crippen molar-refractivity contribution in [3.05, 3.63) is 41.8 Å². The van der Waals surface area contributed by atoms with E-state index in [0.717, 1.165) is 17.9 Å². The fourth-order valence-corrected chi connectivity index (χ4v) is 1.79. The molecule has 84 valence electrons. The van der Waals surface area contributed by atoms with E-state index in [9.17, 15) is 4.79 Å². The molecule has 0 bridgehead atoms. The summed E-state index contributed by atoms with van der Waals surface area (Å²) in [6.45, 7) is 1.88. The van der Waals surface area contributed by atoms with Crippen molar-refractivity contribution in [3.8, 4) is 0 Å². The second-order valence-corrected chi connectivity index (χ2v) is 4.06. The Morgan fingerprint density at radius 2 is 2.44 bits per heavy atom. The summed E-state index contributed by atoms with van der Waals surface area (Å²) >= 11 is 0. The minimum Gasteiger partial charge on any atom is -0.361 e. The molecule has 1 heterocycles. The molecule has 0 N–H and O–H groups in total. The second-order valence-electron chi connectivity index (χ2n) is 4.06. The van der Waals surface area contributed by atoms with Crippen molar-refractivity contribution in [2.75, 3.05) is 0 Å². The van der Waals surface area contributed by atoms with Gasteiger partial charge >= 0.3 is 0 Å². The highest BCUT2D eigenvalue weighted by molar-refractivity contribution is 5.83. The summed E-state index contributed by atoms with van der Waals surface area (Å²) < 4.78 is 5.07. The summed E-state index contributed by atoms with van der Waals surface area (Å²) in [5.74, 6) is 1.12. The van der Waals surface area contributed by atoms with E-state index in [0.29, 0.717) is 12.8 Å². The lowest BCUT2D eigenvalue weighted by atomic mass is 9.93. The van der Waals surface area contributed by atoms with Gasteiger partial charge in [0.2, 0.25) is 0 Å². The lowest BCUT2D eigenvalue weighted by Gasteiger charge is -2.10. The summed E-state index contributed by atoms with van der Waals surface area (Å²) in [7, 11) is 0. The van der Waals surface area contributed by atoms with Gasteiger partial charge < -0.3 is 4.52 Å². The summed E-state index contributed by atoms with van der Waals surface area (Å²) in [5, 5.41) is 3.80. The van der Waals surface area contributed by atoms with Crippen LogP contribution in [0.15, 0.2) is 34.9 Å². The number of nitrogens with zero attached hydrogens (tertiary/aromatic N) is 1. The van der Waals surface area contributed by atoms with Crippen LogP contribution < -0.4 is 0 Å². The Labute approximate surface area is 94.8 Å². The van der Waals surface area contributed by atoms with Crippen LogP contribution in [0.2, 0.25) is 0 Å². The molecule has 1 aromatic heterocycles. The first-order chi connectivity index (χ1) is 7.75. The molecule has 0 amide bonds. The predicted molar refractivity (Wildman–Crippen MR) is 61.0 cm³/mol. The molecule has 0 saturated heterocycles. The maximum absolute atomic E-state index is 11.8. The average Bonchev–Trinajstić information content (AvgIpc) is 2.73. The largest absolute Gasteiger partial charge is 0.361 e. The summed E-state index contributed by atoms with van der Waals surface area (Å²) in [4.78, 5) is 11.8. The molecule has 0 saturated carbocycles. The molecular formula is C13H15NO2. The molecule has 1 aliphatic carbocycles. The smallest absolute Gasteiger partial charge is 0.140 e. The van der Waals surface area contributed by atoms with Gasteiger partial charge in [-0.15, -0.1) is 0 Å². The molecule has 0 aromatic carbocycles. The summed E-state index contributed by atoms with van der Waals surface area (Å²) in [6.07, 6.45) is 9.90. The van der Waals surface area contributed by atoms with Gasteiger partial charge in [0.25, 0.3) is 0 Å². The molecule has 3 nitrogen and oxygen atoms in total. The molecule has 1 aromatic rings. The molecule has 0 spiro atoms. The van der Waals surface area contributed by atoms with Gasteiger partial charge in [-0.05, 0) is 13.3 Å². The van der Waals surface area contributed by atoms with E-state index >= 15 is 0 Å². The number of allylic oxidation sites excluding steroid dienone is 4. The Balaban J connectivity index is 1.84. The molecule has 1 aliphatic rings. The van der Waals surface area contributed by atoms with Gasteiger partial charge in [0.1, 0.15) is 11.5 Å². The standard InChI is InChI=1S/C13H15NO2/c1-10-9-12(16-14-10)7-8-13(15)11-5-3-2-4-6-11/h2-5,9,11H,6-8H2,1H3. The Kier molecular flexibility index (Phi) is 3.34. The molecule has 3 heteroatoms. The van der Waals surface area contributed by atoms with Crippen LogP contribution >= 0.6 is 0 Å². The fourth-order valence-electron chi connectivity index (χ4n) is 1.79. The lowest BCUT2D eigenvalue weighted by Crippen LogP contribution is -2.13. The number of carbonyl (C=O) groups excluding carboxylic acids is 1. The zero-order valence-corrected chi connectivity index (χ0v) is 9.35. The van der Waals surface area contributed by atoms with E-state index in [-0.39, 0.29) is 11.7 Å². The quantitative estimate of drug-likeness (QED) is 0.778. The number of hydrogen-bond acceptors (Lipinski definition) is 3. The lowest BCUT2D eigenvalue weighted by molar-refractivity contribution is -0.121. The van der Waals surface area contributed by atoms with Gasteiger partial charge in [0, 0.05) is 24.8 Å². The Bertz CT molecular complexity index is 429. The third kappa shape index (κ3) is 2.69. The van der Waals surface area contributed by atoms with Gasteiger partial charge in [-0.2, -0.15) is 0 Å². The second kappa shape index (κ2) is 4.92. The highest BCUT2D eigenvalue weighted by Gasteiger charge is 2.15. The highest BCUT2D eigenvalue weighted by atomic mass is 16.5. The Morgan fingerprint density at radius 3 is 3.06 bits per heavy atom. The van der Waals surface area contributed by atoms with Crippen molar-refractivity contribution in [2.24, 2.45) is 5.92 Å². The predicted octanol–water partition coefficient (Wildman–Crippen LogP) is 2.62. The molecule has 0 radical (unpaired) electrons. The zero-order chi connectivity index (χ0) is 11.4. The summed E-state index contributed by atoms with van der Waals surface area (Å²) in [6, 6.07) is 1.88. The number of aromatic nitrogens is 1. The topological polar surface area (TPSA) is 43.1 Å². The van der Waals surface area contributed by atoms with Gasteiger partial charge in [0.15, 0.2) is 0 Å². The number of Topliss-reactive ketones (excluding diaryl/α,β-unsaturated/α-hetero) is 1. The van der Waals surface area contributed by atoms with E-state index in [1.54, 1.807) is 0 Å². The van der Waals surface area contributed by atoms with Crippen molar-refractivity contribution >= 4 is 5.78 Å². The van der Waals surface area contributed by atoms with Crippen molar-refractivity contribution in [1.82, 2.24) is 5.16 Å². The van der Waals surface area contributed by atoms with Crippen LogP contribution in [0.4, 0.5) is 0 Å². The van der Waals surface area contributed by atoms with Gasteiger partial charge in [-0.25, -0.2) is 0 Å². The van der Waals surface area contributed by atoms with Crippen LogP contribution in [0.5, 0.6) is 0 Å². The maximum Gasteiger partial charge on any atom is 0.140 e. The van der Waals surface area contributed by atoms with Crippen molar-refractivity contribution in [1.29, 1.82) is 0 Å². The number of hydrogen-bond donors (Lipinski definition) is 0. The number of carbonyl (C=O) groups is 1. The van der Waals surface area contributed by atoms with Crippen LogP contribution in [0.25, 0.3) is 0 Å². The molecule has 0 fully saturated rings. The van der Waals surface area contributed by atoms with Gasteiger partial charge in [0.05, 0.1) is 5.69 Å². The number of ketones is 1. The first kappa shape index (κ1) is 10.9. The van der Waals surface area contributed by atoms with E-state index in [4.69, 9.17) is 4.52 Å².